The predicted molar refractivity (Wildman–Crippen MR) is 96.7 cm³/mol. The lowest BCUT2D eigenvalue weighted by atomic mass is 10.1. The Morgan fingerprint density at radius 1 is 1.15 bits per heavy atom. The van der Waals surface area contributed by atoms with Crippen LogP contribution in [0.5, 0.6) is 0 Å². The minimum absolute atomic E-state index is 0.137. The first-order chi connectivity index (χ1) is 12.3. The maximum absolute atomic E-state index is 12.4. The molecule has 0 saturated carbocycles. The summed E-state index contributed by atoms with van der Waals surface area (Å²) in [7, 11) is 0. The molecule has 0 aliphatic carbocycles. The van der Waals surface area contributed by atoms with E-state index < -0.39 is 6.04 Å². The number of nitrogens with zero attached hydrogens (tertiary/aromatic N) is 1. The van der Waals surface area contributed by atoms with Crippen molar-refractivity contribution in [3.63, 3.8) is 0 Å². The van der Waals surface area contributed by atoms with E-state index in [-0.39, 0.29) is 36.6 Å². The van der Waals surface area contributed by atoms with E-state index in [9.17, 15) is 19.2 Å². The van der Waals surface area contributed by atoms with E-state index in [0.29, 0.717) is 24.1 Å². The molecule has 1 aliphatic heterocycles. The molecule has 1 atom stereocenters. The van der Waals surface area contributed by atoms with Crippen LogP contribution in [-0.4, -0.2) is 47.7 Å². The maximum atomic E-state index is 12.4. The molecule has 1 heterocycles. The Balaban J connectivity index is 1.81. The van der Waals surface area contributed by atoms with Gasteiger partial charge in [-0.25, -0.2) is 0 Å². The molecule has 0 fully saturated rings. The number of fused-ring (bicyclic) bond motifs is 1. The van der Waals surface area contributed by atoms with Crippen molar-refractivity contribution in [1.82, 2.24) is 15.5 Å². The fraction of sp³-hybridized carbons (Fsp3) is 0.474. The molecule has 0 bridgehead atoms. The number of hydrogen-bond donors (Lipinski definition) is 2. The molecule has 7 heteroatoms. The van der Waals surface area contributed by atoms with Crippen LogP contribution in [0.3, 0.4) is 0 Å². The summed E-state index contributed by atoms with van der Waals surface area (Å²) in [5.74, 6) is -1.15. The Labute approximate surface area is 153 Å². The molecular formula is C19H25N3O4. The standard InChI is InChI=1S/C19H25N3O4/c1-4-9-20-17(24)13(3)21-16(23)6-5-10-22-18(25)14-8-7-12(2)11-15(14)19(22)26/h7-8,11,13H,4-6,9-10H2,1-3H3,(H,20,24)(H,21,23). The summed E-state index contributed by atoms with van der Waals surface area (Å²) >= 11 is 0. The van der Waals surface area contributed by atoms with E-state index in [4.69, 9.17) is 0 Å². The van der Waals surface area contributed by atoms with Crippen molar-refractivity contribution in [2.75, 3.05) is 13.1 Å². The molecule has 2 N–H and O–H groups in total. The Kier molecular flexibility index (Phi) is 6.49. The molecule has 0 aromatic heterocycles. The molecule has 4 amide bonds. The Morgan fingerprint density at radius 2 is 1.85 bits per heavy atom. The van der Waals surface area contributed by atoms with Crippen LogP contribution in [0, 0.1) is 6.92 Å². The molecule has 1 unspecified atom stereocenters. The lowest BCUT2D eigenvalue weighted by Gasteiger charge is -2.15. The number of carbonyl (C=O) groups is 4. The summed E-state index contributed by atoms with van der Waals surface area (Å²) in [5, 5.41) is 5.33. The lowest BCUT2D eigenvalue weighted by molar-refractivity contribution is -0.128. The van der Waals surface area contributed by atoms with Gasteiger partial charge in [0, 0.05) is 19.5 Å². The van der Waals surface area contributed by atoms with Gasteiger partial charge in [0.2, 0.25) is 11.8 Å². The van der Waals surface area contributed by atoms with Crippen LogP contribution in [0.4, 0.5) is 0 Å². The predicted octanol–water partition coefficient (Wildman–Crippen LogP) is 1.40. The van der Waals surface area contributed by atoms with E-state index in [1.807, 2.05) is 13.8 Å². The average molecular weight is 359 g/mol. The highest BCUT2D eigenvalue weighted by Gasteiger charge is 2.35. The molecule has 7 nitrogen and oxygen atoms in total. The number of carbonyl (C=O) groups excluding carboxylic acids is 4. The number of imide groups is 1. The third-order valence-electron chi connectivity index (χ3n) is 4.23. The smallest absolute Gasteiger partial charge is 0.261 e. The Hall–Kier alpha value is -2.70. The van der Waals surface area contributed by atoms with Crippen molar-refractivity contribution in [1.29, 1.82) is 0 Å². The second-order valence-electron chi connectivity index (χ2n) is 6.49. The molecule has 1 aliphatic rings. The van der Waals surface area contributed by atoms with Gasteiger partial charge < -0.3 is 10.6 Å². The monoisotopic (exact) mass is 359 g/mol. The minimum atomic E-state index is -0.615. The van der Waals surface area contributed by atoms with Crippen molar-refractivity contribution in [2.45, 2.75) is 46.1 Å². The molecule has 1 aromatic rings. The van der Waals surface area contributed by atoms with Crippen LogP contribution in [0.25, 0.3) is 0 Å². The molecule has 26 heavy (non-hydrogen) atoms. The molecule has 140 valence electrons. The van der Waals surface area contributed by atoms with Crippen LogP contribution in [0.2, 0.25) is 0 Å². The summed E-state index contributed by atoms with van der Waals surface area (Å²) in [5.41, 5.74) is 1.74. The van der Waals surface area contributed by atoms with Gasteiger partial charge in [0.1, 0.15) is 6.04 Å². The van der Waals surface area contributed by atoms with Crippen molar-refractivity contribution >= 4 is 23.6 Å². The number of aryl methyl sites for hydroxylation is 1. The third kappa shape index (κ3) is 4.47. The van der Waals surface area contributed by atoms with Gasteiger partial charge in [0.05, 0.1) is 11.1 Å². The quantitative estimate of drug-likeness (QED) is 0.686. The second kappa shape index (κ2) is 8.60. The third-order valence-corrected chi connectivity index (χ3v) is 4.23. The van der Waals surface area contributed by atoms with Crippen molar-refractivity contribution in [3.8, 4) is 0 Å². The molecular weight excluding hydrogens is 334 g/mol. The Bertz CT molecular complexity index is 729. The zero-order valence-electron chi connectivity index (χ0n) is 15.4. The number of amides is 4. The van der Waals surface area contributed by atoms with E-state index in [2.05, 4.69) is 10.6 Å². The molecule has 0 spiro atoms. The van der Waals surface area contributed by atoms with E-state index in [0.717, 1.165) is 12.0 Å². The number of hydrogen-bond acceptors (Lipinski definition) is 4. The van der Waals surface area contributed by atoms with Gasteiger partial charge in [-0.1, -0.05) is 18.6 Å². The number of nitrogens with one attached hydrogen (secondary N) is 2. The molecule has 0 saturated heterocycles. The highest BCUT2D eigenvalue weighted by molar-refractivity contribution is 6.21. The highest BCUT2D eigenvalue weighted by atomic mass is 16.2. The summed E-state index contributed by atoms with van der Waals surface area (Å²) in [4.78, 5) is 49.5. The van der Waals surface area contributed by atoms with E-state index in [1.165, 1.54) is 4.90 Å². The normalized spacial score (nSPS) is 14.2. The molecule has 1 aromatic carbocycles. The van der Waals surface area contributed by atoms with Crippen LogP contribution >= 0.6 is 0 Å². The summed E-state index contributed by atoms with van der Waals surface area (Å²) in [6.45, 7) is 6.18. The first kappa shape index (κ1) is 19.6. The van der Waals surface area contributed by atoms with Gasteiger partial charge in [-0.15, -0.1) is 0 Å². The fourth-order valence-corrected chi connectivity index (χ4v) is 2.79. The lowest BCUT2D eigenvalue weighted by Crippen LogP contribution is -2.45. The fourth-order valence-electron chi connectivity index (χ4n) is 2.79. The SMILES string of the molecule is CCCNC(=O)C(C)NC(=O)CCCN1C(=O)c2ccc(C)cc2C1=O. The van der Waals surface area contributed by atoms with Crippen molar-refractivity contribution in [3.05, 3.63) is 34.9 Å². The van der Waals surface area contributed by atoms with Crippen LogP contribution in [0.1, 0.15) is 59.4 Å². The topological polar surface area (TPSA) is 95.6 Å². The van der Waals surface area contributed by atoms with E-state index >= 15 is 0 Å². The van der Waals surface area contributed by atoms with E-state index in [1.54, 1.807) is 25.1 Å². The Morgan fingerprint density at radius 3 is 2.54 bits per heavy atom. The highest BCUT2D eigenvalue weighted by Crippen LogP contribution is 2.24. The molecule has 2 rings (SSSR count). The largest absolute Gasteiger partial charge is 0.354 e. The van der Waals surface area contributed by atoms with Crippen molar-refractivity contribution in [2.24, 2.45) is 0 Å². The van der Waals surface area contributed by atoms with Crippen LogP contribution in [0.15, 0.2) is 18.2 Å². The molecule has 0 radical (unpaired) electrons. The number of benzene rings is 1. The van der Waals surface area contributed by atoms with Gasteiger partial charge in [-0.2, -0.15) is 0 Å². The maximum Gasteiger partial charge on any atom is 0.261 e. The van der Waals surface area contributed by atoms with Crippen LogP contribution < -0.4 is 10.6 Å². The zero-order chi connectivity index (χ0) is 19.3. The minimum Gasteiger partial charge on any atom is -0.354 e. The number of rotatable bonds is 8. The first-order valence-electron chi connectivity index (χ1n) is 8.89. The average Bonchev–Trinajstić information content (AvgIpc) is 2.83. The van der Waals surface area contributed by atoms with Gasteiger partial charge >= 0.3 is 0 Å². The zero-order valence-corrected chi connectivity index (χ0v) is 15.4. The van der Waals surface area contributed by atoms with Crippen molar-refractivity contribution < 1.29 is 19.2 Å². The first-order valence-corrected chi connectivity index (χ1v) is 8.89. The van der Waals surface area contributed by atoms with Gasteiger partial charge in [-0.3, -0.25) is 24.1 Å². The van der Waals surface area contributed by atoms with Crippen LogP contribution in [-0.2, 0) is 9.59 Å². The van der Waals surface area contributed by atoms with Gasteiger partial charge in [0.15, 0.2) is 0 Å². The summed E-state index contributed by atoms with van der Waals surface area (Å²) in [6.07, 6.45) is 1.31. The summed E-state index contributed by atoms with van der Waals surface area (Å²) in [6, 6.07) is 4.55. The summed E-state index contributed by atoms with van der Waals surface area (Å²) < 4.78 is 0. The van der Waals surface area contributed by atoms with Gasteiger partial charge in [-0.05, 0) is 38.8 Å². The second-order valence-corrected chi connectivity index (χ2v) is 6.49. The van der Waals surface area contributed by atoms with Gasteiger partial charge in [0.25, 0.3) is 11.8 Å².